The van der Waals surface area contributed by atoms with Crippen LogP contribution in [-0.4, -0.2) is 23.2 Å². The molecule has 0 unspecified atom stereocenters. The normalized spacial score (nSPS) is 11.6. The third-order valence-corrected chi connectivity index (χ3v) is 7.52. The Labute approximate surface area is 200 Å². The number of halogens is 2. The average Bonchev–Trinajstić information content (AvgIpc) is 3.21. The molecular formula is C23H20ClFN4O2S2. The summed E-state index contributed by atoms with van der Waals surface area (Å²) in [6, 6.07) is 20.0. The maximum absolute atomic E-state index is 13.2. The lowest BCUT2D eigenvalue weighted by atomic mass is 10.2. The summed E-state index contributed by atoms with van der Waals surface area (Å²) >= 11 is 7.74. The number of aryl methyl sites for hydroxylation is 1. The van der Waals surface area contributed by atoms with E-state index < -0.39 is 15.8 Å². The first-order valence-electron chi connectivity index (χ1n) is 9.96. The molecule has 10 heteroatoms. The molecule has 4 aromatic rings. The van der Waals surface area contributed by atoms with Gasteiger partial charge in [-0.15, -0.1) is 10.2 Å². The maximum atomic E-state index is 13.2. The molecule has 0 aliphatic carbocycles. The second-order valence-electron chi connectivity index (χ2n) is 7.22. The number of nitrogens with zero attached hydrogens (tertiary/aromatic N) is 3. The number of rotatable bonds is 8. The Morgan fingerprint density at radius 3 is 2.48 bits per heavy atom. The summed E-state index contributed by atoms with van der Waals surface area (Å²) in [6.07, 6.45) is 0. The molecule has 170 valence electrons. The lowest BCUT2D eigenvalue weighted by Crippen LogP contribution is -2.25. The van der Waals surface area contributed by atoms with Crippen LogP contribution in [0.5, 0.6) is 0 Å². The largest absolute Gasteiger partial charge is 0.273 e. The Balaban J connectivity index is 1.65. The van der Waals surface area contributed by atoms with E-state index in [1.165, 1.54) is 23.9 Å². The summed E-state index contributed by atoms with van der Waals surface area (Å²) < 4.78 is 42.9. The molecule has 0 atom stereocenters. The van der Waals surface area contributed by atoms with Gasteiger partial charge >= 0.3 is 0 Å². The average molecular weight is 503 g/mol. The highest BCUT2D eigenvalue weighted by atomic mass is 35.5. The summed E-state index contributed by atoms with van der Waals surface area (Å²) in [5.74, 6) is 0.562. The molecule has 1 aromatic heterocycles. The predicted octanol–water partition coefficient (Wildman–Crippen LogP) is 5.14. The van der Waals surface area contributed by atoms with Crippen LogP contribution in [0.25, 0.3) is 5.69 Å². The van der Waals surface area contributed by atoms with Gasteiger partial charge in [0.25, 0.3) is 0 Å². The van der Waals surface area contributed by atoms with Crippen LogP contribution in [0.15, 0.2) is 82.8 Å². The lowest BCUT2D eigenvalue weighted by Gasteiger charge is -2.14. The minimum Gasteiger partial charge on any atom is -0.273 e. The third kappa shape index (κ3) is 5.62. The smallest absolute Gasteiger partial charge is 0.240 e. The van der Waals surface area contributed by atoms with Gasteiger partial charge in [0.2, 0.25) is 10.0 Å². The molecule has 0 saturated carbocycles. The first kappa shape index (κ1) is 23.4. The lowest BCUT2D eigenvalue weighted by molar-refractivity contribution is 0.577. The highest BCUT2D eigenvalue weighted by Crippen LogP contribution is 2.28. The highest BCUT2D eigenvalue weighted by molar-refractivity contribution is 7.98. The molecule has 0 amide bonds. The predicted molar refractivity (Wildman–Crippen MR) is 128 cm³/mol. The monoisotopic (exact) mass is 502 g/mol. The minimum atomic E-state index is -3.87. The van der Waals surface area contributed by atoms with E-state index in [4.69, 9.17) is 11.6 Å². The summed E-state index contributed by atoms with van der Waals surface area (Å²) in [5.41, 5.74) is 2.82. The van der Waals surface area contributed by atoms with Crippen LogP contribution in [0.3, 0.4) is 0 Å². The Hall–Kier alpha value is -2.72. The van der Waals surface area contributed by atoms with Gasteiger partial charge in [-0.25, -0.2) is 17.5 Å². The Bertz CT molecular complexity index is 1360. The van der Waals surface area contributed by atoms with Crippen LogP contribution < -0.4 is 4.72 Å². The van der Waals surface area contributed by atoms with Gasteiger partial charge in [0, 0.05) is 10.8 Å². The molecule has 0 aliphatic heterocycles. The molecule has 0 aliphatic rings. The number of aromatic nitrogens is 3. The van der Waals surface area contributed by atoms with Crippen molar-refractivity contribution in [3.63, 3.8) is 0 Å². The van der Waals surface area contributed by atoms with Gasteiger partial charge in [-0.3, -0.25) is 4.57 Å². The number of nitrogens with one attached hydrogen (secondary N) is 1. The highest BCUT2D eigenvalue weighted by Gasteiger charge is 2.20. The number of benzene rings is 3. The third-order valence-electron chi connectivity index (χ3n) is 4.87. The Morgan fingerprint density at radius 1 is 1.03 bits per heavy atom. The van der Waals surface area contributed by atoms with E-state index in [2.05, 4.69) is 14.9 Å². The van der Waals surface area contributed by atoms with E-state index in [1.54, 1.807) is 12.1 Å². The van der Waals surface area contributed by atoms with Gasteiger partial charge in [-0.05, 0) is 54.4 Å². The van der Waals surface area contributed by atoms with Crippen molar-refractivity contribution in [3.05, 3.63) is 101 Å². The van der Waals surface area contributed by atoms with Crippen molar-refractivity contribution in [2.24, 2.45) is 0 Å². The first-order chi connectivity index (χ1) is 15.8. The standard InChI is InChI=1S/C23H20ClFN4O2S2/c1-16-7-8-18(24)13-21(16)29-22(14-26-33(30,31)20-11-9-19(25)10-12-20)27-28-23(29)32-15-17-5-3-2-4-6-17/h2-13,26H,14-15H2,1H3. The van der Waals surface area contributed by atoms with E-state index in [0.717, 1.165) is 28.9 Å². The second kappa shape index (κ2) is 10.0. The zero-order chi connectivity index (χ0) is 23.4. The fourth-order valence-electron chi connectivity index (χ4n) is 3.15. The van der Waals surface area contributed by atoms with E-state index in [9.17, 15) is 12.8 Å². The second-order valence-corrected chi connectivity index (χ2v) is 10.4. The van der Waals surface area contributed by atoms with Crippen LogP contribution >= 0.6 is 23.4 Å². The molecule has 0 spiro atoms. The summed E-state index contributed by atoms with van der Waals surface area (Å²) in [7, 11) is -3.87. The van der Waals surface area contributed by atoms with Gasteiger partial charge < -0.3 is 0 Å². The first-order valence-corrected chi connectivity index (χ1v) is 12.8. The molecule has 1 heterocycles. The number of hydrogen-bond donors (Lipinski definition) is 1. The van der Waals surface area contributed by atoms with Gasteiger partial charge in [-0.1, -0.05) is 59.8 Å². The van der Waals surface area contributed by atoms with E-state index in [0.29, 0.717) is 21.8 Å². The number of hydrogen-bond acceptors (Lipinski definition) is 5. The van der Waals surface area contributed by atoms with Gasteiger partial charge in [0.1, 0.15) is 5.82 Å². The van der Waals surface area contributed by atoms with Gasteiger partial charge in [-0.2, -0.15) is 0 Å². The SMILES string of the molecule is Cc1ccc(Cl)cc1-n1c(CNS(=O)(=O)c2ccc(F)cc2)nnc1SCc1ccccc1. The zero-order valence-corrected chi connectivity index (χ0v) is 20.0. The molecule has 33 heavy (non-hydrogen) atoms. The van der Waals surface area contributed by atoms with Crippen molar-refractivity contribution < 1.29 is 12.8 Å². The molecule has 0 bridgehead atoms. The van der Waals surface area contributed by atoms with Crippen molar-refractivity contribution in [3.8, 4) is 5.69 Å². The quantitative estimate of drug-likeness (QED) is 0.338. The number of sulfonamides is 1. The van der Waals surface area contributed by atoms with Crippen molar-refractivity contribution in [2.45, 2.75) is 29.3 Å². The maximum Gasteiger partial charge on any atom is 0.240 e. The van der Waals surface area contributed by atoms with Crippen molar-refractivity contribution >= 4 is 33.4 Å². The zero-order valence-electron chi connectivity index (χ0n) is 17.6. The molecular weight excluding hydrogens is 483 g/mol. The fraction of sp³-hybridized carbons (Fsp3) is 0.130. The molecule has 6 nitrogen and oxygen atoms in total. The summed E-state index contributed by atoms with van der Waals surface area (Å²) in [6.45, 7) is 1.83. The van der Waals surface area contributed by atoms with E-state index in [1.807, 2.05) is 47.9 Å². The molecule has 0 saturated heterocycles. The topological polar surface area (TPSA) is 76.9 Å². The van der Waals surface area contributed by atoms with Crippen molar-refractivity contribution in [1.82, 2.24) is 19.5 Å². The fourth-order valence-corrected chi connectivity index (χ4v) is 5.22. The number of thioether (sulfide) groups is 1. The van der Waals surface area contributed by atoms with Crippen LogP contribution in [0, 0.1) is 12.7 Å². The summed E-state index contributed by atoms with van der Waals surface area (Å²) in [4.78, 5) is -0.0347. The van der Waals surface area contributed by atoms with E-state index >= 15 is 0 Å². The Kier molecular flexibility index (Phi) is 7.14. The molecule has 4 rings (SSSR count). The van der Waals surface area contributed by atoms with Crippen LogP contribution in [0.2, 0.25) is 5.02 Å². The summed E-state index contributed by atoms with van der Waals surface area (Å²) in [5, 5.41) is 9.71. The molecule has 1 N–H and O–H groups in total. The Morgan fingerprint density at radius 2 is 1.76 bits per heavy atom. The van der Waals surface area contributed by atoms with Crippen molar-refractivity contribution in [1.29, 1.82) is 0 Å². The van der Waals surface area contributed by atoms with Crippen LogP contribution in [-0.2, 0) is 22.3 Å². The molecule has 3 aromatic carbocycles. The molecule has 0 fully saturated rings. The van der Waals surface area contributed by atoms with Crippen LogP contribution in [0.4, 0.5) is 4.39 Å². The van der Waals surface area contributed by atoms with E-state index in [-0.39, 0.29) is 11.4 Å². The van der Waals surface area contributed by atoms with Gasteiger partial charge in [0.15, 0.2) is 11.0 Å². The minimum absolute atomic E-state index is 0.0347. The van der Waals surface area contributed by atoms with Gasteiger partial charge in [0.05, 0.1) is 17.1 Å². The molecule has 0 radical (unpaired) electrons. The van der Waals surface area contributed by atoms with Crippen molar-refractivity contribution in [2.75, 3.05) is 0 Å². The van der Waals surface area contributed by atoms with Crippen LogP contribution in [0.1, 0.15) is 17.0 Å².